The van der Waals surface area contributed by atoms with Crippen LogP contribution in [-0.4, -0.2) is 74.5 Å². The molecule has 6 nitrogen and oxygen atoms in total. The molecule has 1 aliphatic heterocycles. The van der Waals surface area contributed by atoms with E-state index in [9.17, 15) is 4.79 Å². The summed E-state index contributed by atoms with van der Waals surface area (Å²) in [6.45, 7) is 8.73. The van der Waals surface area contributed by atoms with Crippen molar-refractivity contribution in [3.63, 3.8) is 0 Å². The second-order valence-corrected chi connectivity index (χ2v) is 5.74. The minimum absolute atomic E-state index is 0.0185. The van der Waals surface area contributed by atoms with E-state index < -0.39 is 0 Å². The van der Waals surface area contributed by atoms with Crippen molar-refractivity contribution in [2.45, 2.75) is 39.2 Å². The van der Waals surface area contributed by atoms with Crippen LogP contribution >= 0.6 is 0 Å². The number of hydrogen-bond donors (Lipinski definition) is 2. The number of hydrogen-bond acceptors (Lipinski definition) is 3. The Hall–Kier alpha value is -1.30. The third-order valence-corrected chi connectivity index (χ3v) is 3.68. The first kappa shape index (κ1) is 17.8. The van der Waals surface area contributed by atoms with Gasteiger partial charge in [0.2, 0.25) is 5.91 Å². The number of guanidine groups is 1. The van der Waals surface area contributed by atoms with Crippen LogP contribution in [0.1, 0.15) is 33.1 Å². The van der Waals surface area contributed by atoms with Gasteiger partial charge < -0.3 is 20.4 Å². The van der Waals surface area contributed by atoms with Gasteiger partial charge in [-0.2, -0.15) is 0 Å². The molecular weight excluding hydrogens is 266 g/mol. The average molecular weight is 297 g/mol. The molecule has 1 heterocycles. The molecule has 1 rings (SSSR count). The largest absolute Gasteiger partial charge is 0.357 e. The first-order chi connectivity index (χ1) is 10.1. The number of aliphatic imine (C=N–C) groups is 1. The highest BCUT2D eigenvalue weighted by Gasteiger charge is 2.19. The first-order valence-electron chi connectivity index (χ1n) is 8.04. The van der Waals surface area contributed by atoms with Gasteiger partial charge in [-0.3, -0.25) is 4.79 Å². The van der Waals surface area contributed by atoms with Crippen LogP contribution in [0.2, 0.25) is 0 Å². The van der Waals surface area contributed by atoms with E-state index in [1.165, 1.54) is 13.0 Å². The van der Waals surface area contributed by atoms with Gasteiger partial charge in [0.15, 0.2) is 5.96 Å². The molecule has 0 unspecified atom stereocenters. The molecule has 0 bridgehead atoms. The van der Waals surface area contributed by atoms with Gasteiger partial charge in [-0.05, 0) is 32.7 Å². The molecule has 0 aliphatic carbocycles. The Balaban J connectivity index is 2.44. The molecule has 0 aromatic rings. The summed E-state index contributed by atoms with van der Waals surface area (Å²) >= 11 is 0. The Morgan fingerprint density at radius 3 is 2.48 bits per heavy atom. The summed E-state index contributed by atoms with van der Waals surface area (Å²) in [7, 11) is 3.50. The van der Waals surface area contributed by atoms with Crippen LogP contribution in [0.15, 0.2) is 4.99 Å². The summed E-state index contributed by atoms with van der Waals surface area (Å²) in [5, 5.41) is 6.67. The molecule has 2 N–H and O–H groups in total. The number of piperidine rings is 1. The number of nitrogens with zero attached hydrogens (tertiary/aromatic N) is 3. The molecule has 1 aliphatic rings. The SMILES string of the molecule is CCCN1CCC(NC(=NCC(=O)N(C)C)NCC)CC1. The van der Waals surface area contributed by atoms with Crippen LogP contribution in [-0.2, 0) is 4.79 Å². The molecular formula is C15H31N5O. The lowest BCUT2D eigenvalue weighted by atomic mass is 10.1. The molecule has 0 spiro atoms. The van der Waals surface area contributed by atoms with Crippen LogP contribution in [0, 0.1) is 0 Å². The molecule has 0 aromatic heterocycles. The second-order valence-electron chi connectivity index (χ2n) is 5.74. The molecule has 1 saturated heterocycles. The lowest BCUT2D eigenvalue weighted by molar-refractivity contribution is -0.127. The Morgan fingerprint density at radius 1 is 1.29 bits per heavy atom. The van der Waals surface area contributed by atoms with Crippen LogP contribution < -0.4 is 10.6 Å². The molecule has 1 fully saturated rings. The molecule has 1 amide bonds. The fourth-order valence-electron chi connectivity index (χ4n) is 2.42. The maximum atomic E-state index is 11.6. The third-order valence-electron chi connectivity index (χ3n) is 3.68. The van der Waals surface area contributed by atoms with E-state index in [4.69, 9.17) is 0 Å². The van der Waals surface area contributed by atoms with E-state index in [0.717, 1.165) is 38.4 Å². The topological polar surface area (TPSA) is 60.0 Å². The van der Waals surface area contributed by atoms with Crippen LogP contribution in [0.3, 0.4) is 0 Å². The van der Waals surface area contributed by atoms with Crippen molar-refractivity contribution in [2.24, 2.45) is 4.99 Å². The van der Waals surface area contributed by atoms with Crippen molar-refractivity contribution in [3.8, 4) is 0 Å². The smallest absolute Gasteiger partial charge is 0.243 e. The van der Waals surface area contributed by atoms with Crippen molar-refractivity contribution >= 4 is 11.9 Å². The fourth-order valence-corrected chi connectivity index (χ4v) is 2.42. The average Bonchev–Trinajstić information content (AvgIpc) is 2.46. The van der Waals surface area contributed by atoms with Gasteiger partial charge in [-0.15, -0.1) is 0 Å². The van der Waals surface area contributed by atoms with Gasteiger partial charge in [0.25, 0.3) is 0 Å². The van der Waals surface area contributed by atoms with E-state index in [2.05, 4.69) is 27.4 Å². The third kappa shape index (κ3) is 6.80. The second kappa shape index (κ2) is 9.60. The maximum Gasteiger partial charge on any atom is 0.243 e. The zero-order valence-electron chi connectivity index (χ0n) is 14.0. The summed E-state index contributed by atoms with van der Waals surface area (Å²) < 4.78 is 0. The predicted octanol–water partition coefficient (Wildman–Crippen LogP) is 0.504. The van der Waals surface area contributed by atoms with E-state index in [1.54, 1.807) is 19.0 Å². The molecule has 6 heteroatoms. The molecule has 0 atom stereocenters. The lowest BCUT2D eigenvalue weighted by Crippen LogP contribution is -2.49. The van der Waals surface area contributed by atoms with Crippen LogP contribution in [0.5, 0.6) is 0 Å². The number of amides is 1. The Bertz CT molecular complexity index is 335. The van der Waals surface area contributed by atoms with Gasteiger partial charge in [0, 0.05) is 39.8 Å². The van der Waals surface area contributed by atoms with Gasteiger partial charge >= 0.3 is 0 Å². The number of likely N-dealkylation sites (tertiary alicyclic amines) is 1. The summed E-state index contributed by atoms with van der Waals surface area (Å²) in [6.07, 6.45) is 3.48. The zero-order chi connectivity index (χ0) is 15.7. The summed E-state index contributed by atoms with van der Waals surface area (Å²) in [5.41, 5.74) is 0. The lowest BCUT2D eigenvalue weighted by Gasteiger charge is -2.32. The number of nitrogens with one attached hydrogen (secondary N) is 2. The van der Waals surface area contributed by atoms with E-state index in [0.29, 0.717) is 6.04 Å². The molecule has 21 heavy (non-hydrogen) atoms. The Labute approximate surface area is 129 Å². The Kier molecular flexibility index (Phi) is 8.12. The van der Waals surface area contributed by atoms with Crippen LogP contribution in [0.4, 0.5) is 0 Å². The highest BCUT2D eigenvalue weighted by Crippen LogP contribution is 2.10. The monoisotopic (exact) mass is 297 g/mol. The normalized spacial score (nSPS) is 17.6. The van der Waals surface area contributed by atoms with Crippen LogP contribution in [0.25, 0.3) is 0 Å². The molecule has 122 valence electrons. The van der Waals surface area contributed by atoms with Crippen molar-refractivity contribution in [3.05, 3.63) is 0 Å². The van der Waals surface area contributed by atoms with Gasteiger partial charge in [0.1, 0.15) is 6.54 Å². The fraction of sp³-hybridized carbons (Fsp3) is 0.867. The first-order valence-corrected chi connectivity index (χ1v) is 8.04. The highest BCUT2D eigenvalue weighted by molar-refractivity contribution is 5.84. The number of rotatable bonds is 6. The van der Waals surface area contributed by atoms with Gasteiger partial charge in [-0.1, -0.05) is 6.92 Å². The zero-order valence-corrected chi connectivity index (χ0v) is 14.0. The summed E-state index contributed by atoms with van der Waals surface area (Å²) in [4.78, 5) is 20.1. The molecule has 0 aromatic carbocycles. The highest BCUT2D eigenvalue weighted by atomic mass is 16.2. The van der Waals surface area contributed by atoms with E-state index in [1.807, 2.05) is 6.92 Å². The van der Waals surface area contributed by atoms with Crippen molar-refractivity contribution in [2.75, 3.05) is 46.8 Å². The van der Waals surface area contributed by atoms with Gasteiger partial charge in [0.05, 0.1) is 0 Å². The summed E-state index contributed by atoms with van der Waals surface area (Å²) in [6, 6.07) is 0.449. The van der Waals surface area contributed by atoms with Crippen molar-refractivity contribution in [1.82, 2.24) is 20.4 Å². The number of likely N-dealkylation sites (N-methyl/N-ethyl adjacent to an activating group) is 1. The van der Waals surface area contributed by atoms with E-state index in [-0.39, 0.29) is 12.5 Å². The minimum Gasteiger partial charge on any atom is -0.357 e. The predicted molar refractivity (Wildman–Crippen MR) is 87.6 cm³/mol. The number of carbonyl (C=O) groups excluding carboxylic acids is 1. The summed E-state index contributed by atoms with van der Waals surface area (Å²) in [5.74, 6) is 0.770. The van der Waals surface area contributed by atoms with Crippen molar-refractivity contribution in [1.29, 1.82) is 0 Å². The van der Waals surface area contributed by atoms with Gasteiger partial charge in [-0.25, -0.2) is 4.99 Å². The Morgan fingerprint density at radius 2 is 1.95 bits per heavy atom. The minimum atomic E-state index is 0.0185. The quantitative estimate of drug-likeness (QED) is 0.554. The van der Waals surface area contributed by atoms with Crippen molar-refractivity contribution < 1.29 is 4.79 Å². The number of carbonyl (C=O) groups is 1. The maximum absolute atomic E-state index is 11.6. The standard InChI is InChI=1S/C15H31N5O/c1-5-9-20-10-7-13(8-11-20)18-15(16-6-2)17-12-14(21)19(3)4/h13H,5-12H2,1-4H3,(H2,16,17,18). The molecule has 0 radical (unpaired) electrons. The van der Waals surface area contributed by atoms with E-state index >= 15 is 0 Å². The molecule has 0 saturated carbocycles.